The predicted molar refractivity (Wildman–Crippen MR) is 93.9 cm³/mol. The minimum Gasteiger partial charge on any atom is -0.390 e. The van der Waals surface area contributed by atoms with E-state index in [2.05, 4.69) is 0 Å². The van der Waals surface area contributed by atoms with Crippen LogP contribution in [-0.4, -0.2) is 47.8 Å². The van der Waals surface area contributed by atoms with Crippen LogP contribution in [0.15, 0.2) is 0 Å². The molecular formula is C20H36O4. The molecule has 0 aliphatic heterocycles. The SMILES string of the molecule is OC1CCCCC1OCC1CCC(COC2CCCCC2O)CC1. The third-order valence-electron chi connectivity index (χ3n) is 6.39. The van der Waals surface area contributed by atoms with Crippen LogP contribution >= 0.6 is 0 Å². The van der Waals surface area contributed by atoms with Crippen LogP contribution in [0.2, 0.25) is 0 Å². The molecule has 0 bridgehead atoms. The van der Waals surface area contributed by atoms with Gasteiger partial charge in [0.2, 0.25) is 0 Å². The van der Waals surface area contributed by atoms with Crippen LogP contribution in [0.5, 0.6) is 0 Å². The van der Waals surface area contributed by atoms with Crippen molar-refractivity contribution in [3.63, 3.8) is 0 Å². The van der Waals surface area contributed by atoms with Gasteiger partial charge in [0.05, 0.1) is 24.4 Å². The normalized spacial score (nSPS) is 41.2. The molecule has 4 unspecified atom stereocenters. The zero-order valence-corrected chi connectivity index (χ0v) is 15.1. The van der Waals surface area contributed by atoms with E-state index in [9.17, 15) is 10.2 Å². The zero-order chi connectivity index (χ0) is 16.8. The van der Waals surface area contributed by atoms with Gasteiger partial charge in [0.15, 0.2) is 0 Å². The van der Waals surface area contributed by atoms with E-state index in [4.69, 9.17) is 9.47 Å². The summed E-state index contributed by atoms with van der Waals surface area (Å²) in [4.78, 5) is 0. The third-order valence-corrected chi connectivity index (χ3v) is 6.39. The Hall–Kier alpha value is -0.160. The minimum absolute atomic E-state index is 0.0765. The van der Waals surface area contributed by atoms with Crippen LogP contribution in [0.3, 0.4) is 0 Å². The maximum atomic E-state index is 9.99. The maximum Gasteiger partial charge on any atom is 0.0834 e. The van der Waals surface area contributed by atoms with E-state index in [-0.39, 0.29) is 24.4 Å². The van der Waals surface area contributed by atoms with Crippen LogP contribution in [0, 0.1) is 11.8 Å². The fourth-order valence-corrected chi connectivity index (χ4v) is 4.63. The Morgan fingerprint density at radius 1 is 0.542 bits per heavy atom. The first-order valence-corrected chi connectivity index (χ1v) is 10.3. The molecule has 140 valence electrons. The van der Waals surface area contributed by atoms with Crippen molar-refractivity contribution in [3.05, 3.63) is 0 Å². The highest BCUT2D eigenvalue weighted by Crippen LogP contribution is 2.31. The van der Waals surface area contributed by atoms with Crippen molar-refractivity contribution in [2.75, 3.05) is 13.2 Å². The molecule has 3 aliphatic rings. The molecule has 0 aromatic heterocycles. The molecule has 0 aromatic rings. The predicted octanol–water partition coefficient (Wildman–Crippen LogP) is 3.43. The van der Waals surface area contributed by atoms with E-state index in [0.29, 0.717) is 11.8 Å². The smallest absolute Gasteiger partial charge is 0.0834 e. The molecule has 3 saturated carbocycles. The topological polar surface area (TPSA) is 58.9 Å². The van der Waals surface area contributed by atoms with Gasteiger partial charge in [-0.1, -0.05) is 25.7 Å². The third kappa shape index (κ3) is 5.42. The van der Waals surface area contributed by atoms with Crippen molar-refractivity contribution in [1.29, 1.82) is 0 Å². The van der Waals surface area contributed by atoms with Gasteiger partial charge in [0.25, 0.3) is 0 Å². The number of hydrogen-bond acceptors (Lipinski definition) is 4. The second kappa shape index (κ2) is 9.51. The van der Waals surface area contributed by atoms with Crippen molar-refractivity contribution in [3.8, 4) is 0 Å². The standard InChI is InChI=1S/C20H36O4/c21-17-5-1-3-7-19(17)23-13-15-9-11-16(12-10-15)14-24-20-8-4-2-6-18(20)22/h15-22H,1-14H2. The van der Waals surface area contributed by atoms with Gasteiger partial charge >= 0.3 is 0 Å². The molecule has 3 rings (SSSR count). The molecule has 0 aromatic carbocycles. The summed E-state index contributed by atoms with van der Waals surface area (Å²) in [6, 6.07) is 0. The summed E-state index contributed by atoms with van der Waals surface area (Å²) >= 11 is 0. The van der Waals surface area contributed by atoms with Crippen LogP contribution in [0.1, 0.15) is 77.0 Å². The first kappa shape index (κ1) is 18.6. The van der Waals surface area contributed by atoms with E-state index in [1.54, 1.807) is 0 Å². The molecule has 4 atom stereocenters. The van der Waals surface area contributed by atoms with Crippen molar-refractivity contribution >= 4 is 0 Å². The van der Waals surface area contributed by atoms with Crippen molar-refractivity contribution < 1.29 is 19.7 Å². The second-order valence-corrected chi connectivity index (χ2v) is 8.33. The summed E-state index contributed by atoms with van der Waals surface area (Å²) in [6.45, 7) is 1.63. The lowest BCUT2D eigenvalue weighted by atomic mass is 9.82. The fourth-order valence-electron chi connectivity index (χ4n) is 4.63. The van der Waals surface area contributed by atoms with E-state index < -0.39 is 0 Å². The van der Waals surface area contributed by atoms with E-state index in [1.807, 2.05) is 0 Å². The fraction of sp³-hybridized carbons (Fsp3) is 1.00. The lowest BCUT2D eigenvalue weighted by Crippen LogP contribution is -2.35. The van der Waals surface area contributed by atoms with Gasteiger partial charge in [0.1, 0.15) is 0 Å². The summed E-state index contributed by atoms with van der Waals surface area (Å²) in [7, 11) is 0. The molecule has 4 nitrogen and oxygen atoms in total. The van der Waals surface area contributed by atoms with E-state index >= 15 is 0 Å². The molecule has 2 N–H and O–H groups in total. The van der Waals surface area contributed by atoms with Crippen molar-refractivity contribution in [2.45, 2.75) is 101 Å². The van der Waals surface area contributed by atoms with Gasteiger partial charge in [-0.25, -0.2) is 0 Å². The Kier molecular flexibility index (Phi) is 7.38. The van der Waals surface area contributed by atoms with E-state index in [1.165, 1.54) is 38.5 Å². The van der Waals surface area contributed by atoms with Crippen LogP contribution in [0.4, 0.5) is 0 Å². The molecule has 3 aliphatic carbocycles. The average Bonchev–Trinajstić information content (AvgIpc) is 2.61. The number of rotatable bonds is 6. The molecule has 0 radical (unpaired) electrons. The largest absolute Gasteiger partial charge is 0.390 e. The van der Waals surface area contributed by atoms with Crippen LogP contribution in [0.25, 0.3) is 0 Å². The lowest BCUT2D eigenvalue weighted by Gasteiger charge is -2.33. The quantitative estimate of drug-likeness (QED) is 0.778. The molecular weight excluding hydrogens is 304 g/mol. The van der Waals surface area contributed by atoms with Gasteiger partial charge in [-0.2, -0.15) is 0 Å². The first-order chi connectivity index (χ1) is 11.7. The molecule has 3 fully saturated rings. The Morgan fingerprint density at radius 3 is 1.29 bits per heavy atom. The molecule has 0 amide bonds. The monoisotopic (exact) mass is 340 g/mol. The number of aliphatic hydroxyl groups is 2. The molecule has 0 spiro atoms. The summed E-state index contributed by atoms with van der Waals surface area (Å²) in [5.74, 6) is 1.30. The van der Waals surface area contributed by atoms with Gasteiger partial charge in [-0.15, -0.1) is 0 Å². The Labute approximate surface area is 146 Å². The zero-order valence-electron chi connectivity index (χ0n) is 15.1. The average molecular weight is 341 g/mol. The minimum atomic E-state index is -0.245. The number of hydrogen-bond donors (Lipinski definition) is 2. The van der Waals surface area contributed by atoms with Crippen LogP contribution < -0.4 is 0 Å². The maximum absolute atomic E-state index is 9.99. The van der Waals surface area contributed by atoms with Crippen molar-refractivity contribution in [2.24, 2.45) is 11.8 Å². The molecule has 0 saturated heterocycles. The Morgan fingerprint density at radius 2 is 0.917 bits per heavy atom. The molecule has 4 heteroatoms. The summed E-state index contributed by atoms with van der Waals surface area (Å²) in [5, 5.41) is 20.0. The highest BCUT2D eigenvalue weighted by molar-refractivity contribution is 4.79. The van der Waals surface area contributed by atoms with Crippen molar-refractivity contribution in [1.82, 2.24) is 0 Å². The van der Waals surface area contributed by atoms with Gasteiger partial charge in [-0.3, -0.25) is 0 Å². The Balaban J connectivity index is 1.29. The Bertz CT molecular complexity index is 320. The summed E-state index contributed by atoms with van der Waals surface area (Å²) in [5.41, 5.74) is 0. The summed E-state index contributed by atoms with van der Waals surface area (Å²) in [6.07, 6.45) is 13.0. The van der Waals surface area contributed by atoms with Crippen LogP contribution in [-0.2, 0) is 9.47 Å². The number of aliphatic hydroxyl groups excluding tert-OH is 2. The van der Waals surface area contributed by atoms with Gasteiger partial charge in [-0.05, 0) is 63.2 Å². The second-order valence-electron chi connectivity index (χ2n) is 8.33. The van der Waals surface area contributed by atoms with Gasteiger partial charge in [0, 0.05) is 13.2 Å². The molecule has 0 heterocycles. The first-order valence-electron chi connectivity index (χ1n) is 10.3. The highest BCUT2D eigenvalue weighted by atomic mass is 16.5. The van der Waals surface area contributed by atoms with E-state index in [0.717, 1.165) is 51.7 Å². The molecule has 24 heavy (non-hydrogen) atoms. The summed E-state index contributed by atoms with van der Waals surface area (Å²) < 4.78 is 12.0. The number of ether oxygens (including phenoxy) is 2. The highest BCUT2D eigenvalue weighted by Gasteiger charge is 2.28. The lowest BCUT2D eigenvalue weighted by molar-refractivity contribution is -0.0829. The van der Waals surface area contributed by atoms with Gasteiger partial charge < -0.3 is 19.7 Å².